The second kappa shape index (κ2) is 5.78. The van der Waals surface area contributed by atoms with Crippen LogP contribution in [0.3, 0.4) is 0 Å². The molecule has 1 heterocycles. The first-order chi connectivity index (χ1) is 9.06. The van der Waals surface area contributed by atoms with E-state index in [-0.39, 0.29) is 10.6 Å². The van der Waals surface area contributed by atoms with Gasteiger partial charge in [0, 0.05) is 23.5 Å². The number of rotatable bonds is 2. The van der Waals surface area contributed by atoms with Gasteiger partial charge in [0.2, 0.25) is 0 Å². The number of nitrogens with zero attached hydrogens (tertiary/aromatic N) is 1. The van der Waals surface area contributed by atoms with Crippen molar-refractivity contribution in [3.8, 4) is 11.1 Å². The molecule has 0 aliphatic carbocycles. The summed E-state index contributed by atoms with van der Waals surface area (Å²) in [6.45, 7) is 0. The van der Waals surface area contributed by atoms with Crippen molar-refractivity contribution < 1.29 is 9.53 Å². The maximum Gasteiger partial charge on any atom is 0.340 e. The number of methoxy groups -OCH3 is 1. The van der Waals surface area contributed by atoms with Crippen molar-refractivity contribution in [3.63, 3.8) is 0 Å². The molecule has 1 aromatic heterocycles. The first-order valence-electron chi connectivity index (χ1n) is 5.22. The molecule has 0 spiro atoms. The smallest absolute Gasteiger partial charge is 0.340 e. The molecule has 2 rings (SSSR count). The standard InChI is InChI=1S/C13H8Cl3NO2/c1-19-13(18)11-8(5-17-6-10(11)15)7-3-2-4-9(14)12(7)16/h2-6H,1H3. The van der Waals surface area contributed by atoms with Gasteiger partial charge < -0.3 is 4.74 Å². The lowest BCUT2D eigenvalue weighted by atomic mass is 10.0. The molecule has 0 bridgehead atoms. The first kappa shape index (κ1) is 14.1. The zero-order valence-corrected chi connectivity index (χ0v) is 12.1. The van der Waals surface area contributed by atoms with Gasteiger partial charge in [-0.2, -0.15) is 0 Å². The normalized spacial score (nSPS) is 10.3. The first-order valence-corrected chi connectivity index (χ1v) is 6.36. The number of hydrogen-bond donors (Lipinski definition) is 0. The lowest BCUT2D eigenvalue weighted by molar-refractivity contribution is 0.0601. The van der Waals surface area contributed by atoms with Crippen LogP contribution < -0.4 is 0 Å². The van der Waals surface area contributed by atoms with Gasteiger partial charge in [0.25, 0.3) is 0 Å². The highest BCUT2D eigenvalue weighted by Gasteiger charge is 2.20. The van der Waals surface area contributed by atoms with Crippen LogP contribution in [0.2, 0.25) is 15.1 Å². The van der Waals surface area contributed by atoms with E-state index in [1.807, 2.05) is 0 Å². The minimum absolute atomic E-state index is 0.195. The zero-order chi connectivity index (χ0) is 14.0. The molecule has 6 heteroatoms. The lowest BCUT2D eigenvalue weighted by Gasteiger charge is -2.11. The number of aromatic nitrogens is 1. The third-order valence-electron chi connectivity index (χ3n) is 2.53. The number of benzene rings is 1. The Bertz CT molecular complexity index is 644. The molecular formula is C13H8Cl3NO2. The number of esters is 1. The van der Waals surface area contributed by atoms with E-state index in [2.05, 4.69) is 4.98 Å². The molecule has 0 N–H and O–H groups in total. The van der Waals surface area contributed by atoms with Gasteiger partial charge in [0.1, 0.15) is 0 Å². The fourth-order valence-electron chi connectivity index (χ4n) is 1.66. The minimum atomic E-state index is -0.557. The van der Waals surface area contributed by atoms with Gasteiger partial charge in [-0.15, -0.1) is 0 Å². The maximum absolute atomic E-state index is 11.8. The van der Waals surface area contributed by atoms with Crippen molar-refractivity contribution in [3.05, 3.63) is 51.2 Å². The molecule has 98 valence electrons. The van der Waals surface area contributed by atoms with E-state index in [9.17, 15) is 4.79 Å². The van der Waals surface area contributed by atoms with Crippen LogP contribution in [0.25, 0.3) is 11.1 Å². The van der Waals surface area contributed by atoms with Gasteiger partial charge in [-0.1, -0.05) is 46.9 Å². The molecule has 0 aliphatic heterocycles. The van der Waals surface area contributed by atoms with Crippen molar-refractivity contribution in [2.75, 3.05) is 7.11 Å². The second-order valence-electron chi connectivity index (χ2n) is 3.64. The molecule has 0 saturated heterocycles. The van der Waals surface area contributed by atoms with Crippen molar-refractivity contribution in [2.45, 2.75) is 0 Å². The van der Waals surface area contributed by atoms with Crippen LogP contribution in [0.5, 0.6) is 0 Å². The highest BCUT2D eigenvalue weighted by Crippen LogP contribution is 2.36. The van der Waals surface area contributed by atoms with E-state index in [1.165, 1.54) is 19.5 Å². The van der Waals surface area contributed by atoms with E-state index < -0.39 is 5.97 Å². The Morgan fingerprint density at radius 3 is 2.53 bits per heavy atom. The van der Waals surface area contributed by atoms with Gasteiger partial charge in [0.05, 0.1) is 27.7 Å². The maximum atomic E-state index is 11.8. The monoisotopic (exact) mass is 315 g/mol. The quantitative estimate of drug-likeness (QED) is 0.766. The van der Waals surface area contributed by atoms with E-state index in [4.69, 9.17) is 39.5 Å². The third kappa shape index (κ3) is 2.68. The Balaban J connectivity index is 2.72. The molecule has 0 radical (unpaired) electrons. The van der Waals surface area contributed by atoms with Crippen molar-refractivity contribution in [1.29, 1.82) is 0 Å². The zero-order valence-electron chi connectivity index (χ0n) is 9.78. The Kier molecular flexibility index (Phi) is 4.30. The number of hydrogen-bond acceptors (Lipinski definition) is 3. The predicted octanol–water partition coefficient (Wildman–Crippen LogP) is 4.50. The molecule has 0 amide bonds. The van der Waals surface area contributed by atoms with Crippen LogP contribution in [-0.2, 0) is 4.74 Å². The second-order valence-corrected chi connectivity index (χ2v) is 4.83. The van der Waals surface area contributed by atoms with Crippen molar-refractivity contribution >= 4 is 40.8 Å². The topological polar surface area (TPSA) is 39.2 Å². The number of carbonyl (C=O) groups excluding carboxylic acids is 1. The molecule has 0 fully saturated rings. The summed E-state index contributed by atoms with van der Waals surface area (Å²) in [5.41, 5.74) is 1.26. The molecule has 0 aliphatic rings. The number of ether oxygens (including phenoxy) is 1. The Hall–Kier alpha value is -1.29. The molecule has 0 atom stereocenters. The summed E-state index contributed by atoms with van der Waals surface area (Å²) in [6.07, 6.45) is 2.87. The van der Waals surface area contributed by atoms with Crippen LogP contribution in [0.1, 0.15) is 10.4 Å². The van der Waals surface area contributed by atoms with Crippen LogP contribution >= 0.6 is 34.8 Å². The van der Waals surface area contributed by atoms with E-state index in [0.717, 1.165) is 0 Å². The summed E-state index contributed by atoms with van der Waals surface area (Å²) in [4.78, 5) is 15.8. The molecule has 1 aromatic carbocycles. The predicted molar refractivity (Wildman–Crippen MR) is 76.0 cm³/mol. The van der Waals surface area contributed by atoms with Crippen molar-refractivity contribution in [2.24, 2.45) is 0 Å². The Morgan fingerprint density at radius 2 is 1.84 bits per heavy atom. The summed E-state index contributed by atoms with van der Waals surface area (Å²) in [5.74, 6) is -0.557. The molecule has 3 nitrogen and oxygen atoms in total. The highest BCUT2D eigenvalue weighted by molar-refractivity contribution is 6.44. The van der Waals surface area contributed by atoms with Crippen molar-refractivity contribution in [1.82, 2.24) is 4.98 Å². The number of pyridine rings is 1. The average molecular weight is 317 g/mol. The van der Waals surface area contributed by atoms with Crippen LogP contribution in [0.15, 0.2) is 30.6 Å². The lowest BCUT2D eigenvalue weighted by Crippen LogP contribution is -2.05. The van der Waals surface area contributed by atoms with Gasteiger partial charge in [-0.05, 0) is 6.07 Å². The molecule has 0 saturated carbocycles. The largest absolute Gasteiger partial charge is 0.465 e. The summed E-state index contributed by atoms with van der Waals surface area (Å²) in [5, 5.41) is 0.911. The number of carbonyl (C=O) groups is 1. The molecular weight excluding hydrogens is 309 g/mol. The van der Waals surface area contributed by atoms with Gasteiger partial charge in [0.15, 0.2) is 0 Å². The SMILES string of the molecule is COC(=O)c1c(Cl)cncc1-c1cccc(Cl)c1Cl. The van der Waals surface area contributed by atoms with E-state index in [0.29, 0.717) is 21.2 Å². The van der Waals surface area contributed by atoms with Gasteiger partial charge in [-0.3, -0.25) is 4.98 Å². The van der Waals surface area contributed by atoms with Gasteiger partial charge >= 0.3 is 5.97 Å². The third-order valence-corrected chi connectivity index (χ3v) is 3.64. The summed E-state index contributed by atoms with van der Waals surface area (Å²) < 4.78 is 4.72. The average Bonchev–Trinajstić information content (AvgIpc) is 2.41. The molecule has 0 unspecified atom stereocenters. The fourth-order valence-corrected chi connectivity index (χ4v) is 2.30. The Morgan fingerprint density at radius 1 is 1.11 bits per heavy atom. The Labute approximate surface area is 125 Å². The molecule has 2 aromatic rings. The van der Waals surface area contributed by atoms with Crippen LogP contribution in [-0.4, -0.2) is 18.1 Å². The molecule has 19 heavy (non-hydrogen) atoms. The fraction of sp³-hybridized carbons (Fsp3) is 0.0769. The van der Waals surface area contributed by atoms with E-state index >= 15 is 0 Å². The summed E-state index contributed by atoms with van der Waals surface area (Å²) in [7, 11) is 1.28. The van der Waals surface area contributed by atoms with E-state index in [1.54, 1.807) is 18.2 Å². The minimum Gasteiger partial charge on any atom is -0.465 e. The summed E-state index contributed by atoms with van der Waals surface area (Å²) >= 11 is 18.1. The van der Waals surface area contributed by atoms with Crippen LogP contribution in [0.4, 0.5) is 0 Å². The van der Waals surface area contributed by atoms with Gasteiger partial charge in [-0.25, -0.2) is 4.79 Å². The van der Waals surface area contributed by atoms with Crippen LogP contribution in [0, 0.1) is 0 Å². The highest BCUT2D eigenvalue weighted by atomic mass is 35.5. The number of halogens is 3. The summed E-state index contributed by atoms with van der Waals surface area (Å²) in [6, 6.07) is 5.11.